The van der Waals surface area contributed by atoms with Crippen molar-refractivity contribution in [2.45, 2.75) is 12.5 Å². The van der Waals surface area contributed by atoms with Crippen molar-refractivity contribution in [2.75, 3.05) is 12.0 Å². The van der Waals surface area contributed by atoms with Crippen molar-refractivity contribution in [3.05, 3.63) is 33.8 Å². The van der Waals surface area contributed by atoms with Gasteiger partial charge in [-0.15, -0.1) is 0 Å². The average molecular weight is 250 g/mol. The van der Waals surface area contributed by atoms with E-state index in [9.17, 15) is 0 Å². The van der Waals surface area contributed by atoms with Gasteiger partial charge in [0, 0.05) is 21.8 Å². The molecule has 14 heavy (non-hydrogen) atoms. The molecule has 1 aromatic rings. The second-order valence-electron chi connectivity index (χ2n) is 3.16. The first-order chi connectivity index (χ1) is 6.63. The molecule has 0 aliphatic rings. The van der Waals surface area contributed by atoms with E-state index in [1.165, 1.54) is 0 Å². The van der Waals surface area contributed by atoms with Crippen LogP contribution < -0.4 is 5.73 Å². The summed E-state index contributed by atoms with van der Waals surface area (Å²) in [6, 6.07) is 5.61. The molecule has 0 radical (unpaired) electrons. The van der Waals surface area contributed by atoms with Gasteiger partial charge < -0.3 is 5.73 Å². The van der Waals surface area contributed by atoms with Gasteiger partial charge >= 0.3 is 0 Å². The summed E-state index contributed by atoms with van der Waals surface area (Å²) in [4.78, 5) is 0. The van der Waals surface area contributed by atoms with Crippen molar-refractivity contribution < 1.29 is 0 Å². The van der Waals surface area contributed by atoms with E-state index in [0.29, 0.717) is 5.02 Å². The highest BCUT2D eigenvalue weighted by Crippen LogP contribution is 2.21. The van der Waals surface area contributed by atoms with Crippen LogP contribution >= 0.6 is 35.0 Å². The Balaban J connectivity index is 2.70. The molecule has 1 unspecified atom stereocenters. The Morgan fingerprint density at radius 3 is 2.79 bits per heavy atom. The highest BCUT2D eigenvalue weighted by molar-refractivity contribution is 7.98. The normalized spacial score (nSPS) is 12.9. The highest BCUT2D eigenvalue weighted by atomic mass is 35.5. The highest BCUT2D eigenvalue weighted by Gasteiger charge is 2.07. The van der Waals surface area contributed by atoms with Crippen molar-refractivity contribution in [1.82, 2.24) is 0 Å². The zero-order valence-electron chi connectivity index (χ0n) is 7.97. The molecular weight excluding hydrogens is 237 g/mol. The first-order valence-electron chi connectivity index (χ1n) is 4.32. The van der Waals surface area contributed by atoms with Crippen LogP contribution in [0.2, 0.25) is 10.0 Å². The van der Waals surface area contributed by atoms with Gasteiger partial charge in [-0.1, -0.05) is 23.2 Å². The van der Waals surface area contributed by atoms with E-state index < -0.39 is 0 Å². The van der Waals surface area contributed by atoms with Crippen LogP contribution in [0, 0.1) is 0 Å². The summed E-state index contributed by atoms with van der Waals surface area (Å²) in [5.74, 6) is 0.933. The summed E-state index contributed by atoms with van der Waals surface area (Å²) in [6.45, 7) is 0. The molecule has 78 valence electrons. The first-order valence-corrected chi connectivity index (χ1v) is 6.47. The van der Waals surface area contributed by atoms with Crippen LogP contribution in [0.15, 0.2) is 18.2 Å². The maximum atomic E-state index is 6.02. The SMILES string of the molecule is CSCC(N)Cc1cc(Cl)ccc1Cl. The Labute approximate surface area is 99.0 Å². The fraction of sp³-hybridized carbons (Fsp3) is 0.400. The molecule has 1 nitrogen and oxygen atoms in total. The second-order valence-corrected chi connectivity index (χ2v) is 4.91. The fourth-order valence-corrected chi connectivity index (χ4v) is 2.19. The van der Waals surface area contributed by atoms with Gasteiger partial charge in [-0.25, -0.2) is 0 Å². The molecule has 0 spiro atoms. The average Bonchev–Trinajstić information content (AvgIpc) is 2.12. The minimum absolute atomic E-state index is 0.140. The van der Waals surface area contributed by atoms with Crippen molar-refractivity contribution in [3.8, 4) is 0 Å². The van der Waals surface area contributed by atoms with Gasteiger partial charge in [0.1, 0.15) is 0 Å². The van der Waals surface area contributed by atoms with Crippen LogP contribution in [0.3, 0.4) is 0 Å². The number of thioether (sulfide) groups is 1. The summed E-state index contributed by atoms with van der Waals surface area (Å²) >= 11 is 13.6. The number of benzene rings is 1. The molecule has 4 heteroatoms. The Bertz CT molecular complexity index is 304. The van der Waals surface area contributed by atoms with Crippen molar-refractivity contribution in [1.29, 1.82) is 0 Å². The molecule has 1 rings (SSSR count). The lowest BCUT2D eigenvalue weighted by atomic mass is 10.1. The van der Waals surface area contributed by atoms with E-state index >= 15 is 0 Å². The zero-order valence-corrected chi connectivity index (χ0v) is 10.3. The van der Waals surface area contributed by atoms with Gasteiger partial charge in [0.05, 0.1) is 0 Å². The van der Waals surface area contributed by atoms with Crippen LogP contribution in [0.5, 0.6) is 0 Å². The number of halogens is 2. The van der Waals surface area contributed by atoms with E-state index in [0.717, 1.165) is 22.8 Å². The minimum Gasteiger partial charge on any atom is -0.327 e. The van der Waals surface area contributed by atoms with E-state index in [1.807, 2.05) is 18.4 Å². The second kappa shape index (κ2) is 5.86. The molecule has 2 N–H and O–H groups in total. The number of hydrogen-bond donors (Lipinski definition) is 1. The van der Waals surface area contributed by atoms with Gasteiger partial charge in [0.25, 0.3) is 0 Å². The van der Waals surface area contributed by atoms with Gasteiger partial charge in [-0.2, -0.15) is 11.8 Å². The Morgan fingerprint density at radius 1 is 1.43 bits per heavy atom. The molecule has 1 atom stereocenters. The molecule has 0 bridgehead atoms. The molecule has 0 aliphatic carbocycles. The largest absolute Gasteiger partial charge is 0.327 e. The van der Waals surface area contributed by atoms with Crippen LogP contribution in [0.1, 0.15) is 5.56 Å². The topological polar surface area (TPSA) is 26.0 Å². The molecule has 0 aliphatic heterocycles. The molecule has 0 saturated heterocycles. The summed E-state index contributed by atoms with van der Waals surface area (Å²) in [7, 11) is 0. The maximum Gasteiger partial charge on any atom is 0.0439 e. The summed E-state index contributed by atoms with van der Waals surface area (Å²) in [5, 5.41) is 1.45. The molecule has 0 aromatic heterocycles. The van der Waals surface area contributed by atoms with E-state index in [1.54, 1.807) is 17.8 Å². The Morgan fingerprint density at radius 2 is 2.14 bits per heavy atom. The molecule has 0 heterocycles. The Hall–Kier alpha value is 0.110. The van der Waals surface area contributed by atoms with Gasteiger partial charge in [-0.05, 0) is 36.4 Å². The van der Waals surface area contributed by atoms with Gasteiger partial charge in [-0.3, -0.25) is 0 Å². The number of hydrogen-bond acceptors (Lipinski definition) is 2. The predicted octanol–water partition coefficient (Wildman–Crippen LogP) is 3.23. The standard InChI is InChI=1S/C10H13Cl2NS/c1-14-6-9(13)5-7-4-8(11)2-3-10(7)12/h2-4,9H,5-6,13H2,1H3. The van der Waals surface area contributed by atoms with Crippen LogP contribution in [-0.2, 0) is 6.42 Å². The fourth-order valence-electron chi connectivity index (χ4n) is 1.26. The third kappa shape index (κ3) is 3.70. The summed E-state index contributed by atoms with van der Waals surface area (Å²) in [5.41, 5.74) is 6.94. The zero-order chi connectivity index (χ0) is 10.6. The van der Waals surface area contributed by atoms with E-state index in [4.69, 9.17) is 28.9 Å². The van der Waals surface area contributed by atoms with Crippen molar-refractivity contribution >= 4 is 35.0 Å². The third-order valence-corrected chi connectivity index (χ3v) is 3.24. The maximum absolute atomic E-state index is 6.02. The molecular formula is C10H13Cl2NS. The lowest BCUT2D eigenvalue weighted by molar-refractivity contribution is 0.749. The quantitative estimate of drug-likeness (QED) is 0.887. The number of rotatable bonds is 4. The lowest BCUT2D eigenvalue weighted by Gasteiger charge is -2.11. The van der Waals surface area contributed by atoms with Gasteiger partial charge in [0.15, 0.2) is 0 Å². The predicted molar refractivity (Wildman–Crippen MR) is 66.5 cm³/mol. The van der Waals surface area contributed by atoms with Crippen molar-refractivity contribution in [3.63, 3.8) is 0 Å². The van der Waals surface area contributed by atoms with E-state index in [-0.39, 0.29) is 6.04 Å². The molecule has 0 fully saturated rings. The van der Waals surface area contributed by atoms with Crippen LogP contribution in [0.4, 0.5) is 0 Å². The van der Waals surface area contributed by atoms with Crippen LogP contribution in [-0.4, -0.2) is 18.1 Å². The van der Waals surface area contributed by atoms with Crippen LogP contribution in [0.25, 0.3) is 0 Å². The Kier molecular flexibility index (Phi) is 5.10. The van der Waals surface area contributed by atoms with Gasteiger partial charge in [0.2, 0.25) is 0 Å². The smallest absolute Gasteiger partial charge is 0.0439 e. The van der Waals surface area contributed by atoms with Crippen molar-refractivity contribution in [2.24, 2.45) is 5.73 Å². The number of nitrogens with two attached hydrogens (primary N) is 1. The first kappa shape index (κ1) is 12.2. The summed E-state index contributed by atoms with van der Waals surface area (Å²) in [6.07, 6.45) is 2.82. The monoisotopic (exact) mass is 249 g/mol. The molecule has 0 saturated carbocycles. The van der Waals surface area contributed by atoms with E-state index in [2.05, 4.69) is 0 Å². The summed E-state index contributed by atoms with van der Waals surface area (Å²) < 4.78 is 0. The molecule has 0 amide bonds. The molecule has 1 aromatic carbocycles. The minimum atomic E-state index is 0.140. The lowest BCUT2D eigenvalue weighted by Crippen LogP contribution is -2.25. The third-order valence-electron chi connectivity index (χ3n) is 1.87.